The van der Waals surface area contributed by atoms with Gasteiger partial charge >= 0.3 is 12.0 Å². The molecule has 1 aliphatic rings. The molecular weight excluding hydrogens is 292 g/mol. The normalized spacial score (nSPS) is 18.4. The van der Waals surface area contributed by atoms with E-state index in [9.17, 15) is 14.7 Å². The minimum Gasteiger partial charge on any atom is -0.480 e. The number of rotatable bonds is 5. The summed E-state index contributed by atoms with van der Waals surface area (Å²) in [6, 6.07) is 6.43. The fraction of sp³-hybridized carbons (Fsp3) is 0.467. The zero-order valence-corrected chi connectivity index (χ0v) is 12.8. The summed E-state index contributed by atoms with van der Waals surface area (Å²) in [5, 5.41) is 15.3. The number of hydrogen-bond donors (Lipinski definition) is 3. The molecule has 3 N–H and O–H groups in total. The molecule has 1 aliphatic carbocycles. The van der Waals surface area contributed by atoms with E-state index in [1.165, 1.54) is 0 Å². The number of hydrogen-bond acceptors (Lipinski definition) is 2. The summed E-state index contributed by atoms with van der Waals surface area (Å²) in [5.74, 6) is -0.995. The van der Waals surface area contributed by atoms with Gasteiger partial charge in [0, 0.05) is 5.02 Å². The van der Waals surface area contributed by atoms with Gasteiger partial charge in [0.2, 0.25) is 0 Å². The zero-order valence-electron chi connectivity index (χ0n) is 12.0. The van der Waals surface area contributed by atoms with Crippen molar-refractivity contribution in [3.63, 3.8) is 0 Å². The number of carboxylic acids is 1. The summed E-state index contributed by atoms with van der Waals surface area (Å²) < 4.78 is 0. The molecule has 0 saturated heterocycles. The first kappa shape index (κ1) is 15.6. The smallest absolute Gasteiger partial charge is 0.329 e. The third-order valence-electron chi connectivity index (χ3n) is 3.93. The lowest BCUT2D eigenvalue weighted by Gasteiger charge is -2.27. The van der Waals surface area contributed by atoms with E-state index >= 15 is 0 Å². The summed E-state index contributed by atoms with van der Waals surface area (Å²) in [6.07, 6.45) is 1.66. The van der Waals surface area contributed by atoms with E-state index in [1.807, 2.05) is 19.1 Å². The maximum absolute atomic E-state index is 12.0. The van der Waals surface area contributed by atoms with Crippen molar-refractivity contribution in [3.05, 3.63) is 34.9 Å². The first-order valence-corrected chi connectivity index (χ1v) is 7.28. The Hall–Kier alpha value is -1.75. The summed E-state index contributed by atoms with van der Waals surface area (Å²) in [6.45, 7) is 3.39. The van der Waals surface area contributed by atoms with Gasteiger partial charge in [-0.3, -0.25) is 0 Å². The van der Waals surface area contributed by atoms with Crippen LogP contribution in [0.25, 0.3) is 0 Å². The van der Waals surface area contributed by atoms with Gasteiger partial charge in [-0.2, -0.15) is 0 Å². The minimum absolute atomic E-state index is 0.00610. The Morgan fingerprint density at radius 2 is 1.90 bits per heavy atom. The van der Waals surface area contributed by atoms with Crippen LogP contribution in [0.15, 0.2) is 24.3 Å². The number of carbonyl (C=O) groups is 2. The van der Waals surface area contributed by atoms with E-state index in [1.54, 1.807) is 19.1 Å². The van der Waals surface area contributed by atoms with E-state index in [-0.39, 0.29) is 12.0 Å². The number of amides is 2. The summed E-state index contributed by atoms with van der Waals surface area (Å²) in [5.41, 5.74) is -0.304. The van der Waals surface area contributed by atoms with Crippen molar-refractivity contribution < 1.29 is 14.7 Å². The summed E-state index contributed by atoms with van der Waals surface area (Å²) in [7, 11) is 0. The lowest BCUT2D eigenvalue weighted by atomic mass is 9.96. The van der Waals surface area contributed by atoms with Crippen LogP contribution < -0.4 is 10.6 Å². The molecule has 21 heavy (non-hydrogen) atoms. The fourth-order valence-corrected chi connectivity index (χ4v) is 2.42. The fourth-order valence-electron chi connectivity index (χ4n) is 2.29. The molecule has 114 valence electrons. The van der Waals surface area contributed by atoms with Crippen molar-refractivity contribution in [1.82, 2.24) is 10.6 Å². The maximum atomic E-state index is 12.0. The first-order chi connectivity index (χ1) is 9.83. The van der Waals surface area contributed by atoms with E-state index in [0.717, 1.165) is 18.4 Å². The third kappa shape index (κ3) is 3.67. The lowest BCUT2D eigenvalue weighted by Crippen LogP contribution is -2.56. The van der Waals surface area contributed by atoms with Crippen LogP contribution in [0, 0.1) is 5.92 Å². The Balaban J connectivity index is 1.97. The van der Waals surface area contributed by atoms with Gasteiger partial charge in [0.1, 0.15) is 5.54 Å². The second-order valence-electron chi connectivity index (χ2n) is 5.65. The van der Waals surface area contributed by atoms with Crippen LogP contribution in [0.2, 0.25) is 5.02 Å². The second-order valence-corrected chi connectivity index (χ2v) is 6.09. The molecule has 0 spiro atoms. The van der Waals surface area contributed by atoms with Crippen LogP contribution in [-0.2, 0) is 4.79 Å². The van der Waals surface area contributed by atoms with Gasteiger partial charge in [-0.1, -0.05) is 23.7 Å². The van der Waals surface area contributed by atoms with Crippen molar-refractivity contribution >= 4 is 23.6 Å². The highest BCUT2D eigenvalue weighted by Gasteiger charge is 2.48. The van der Waals surface area contributed by atoms with E-state index in [0.29, 0.717) is 5.02 Å². The number of urea groups is 1. The largest absolute Gasteiger partial charge is 0.480 e. The average Bonchev–Trinajstić information content (AvgIpc) is 3.23. The highest BCUT2D eigenvalue weighted by molar-refractivity contribution is 6.30. The van der Waals surface area contributed by atoms with Gasteiger partial charge in [-0.25, -0.2) is 9.59 Å². The molecule has 0 aliphatic heterocycles. The molecule has 2 atom stereocenters. The molecule has 2 amide bonds. The van der Waals surface area contributed by atoms with Crippen LogP contribution in [0.1, 0.15) is 38.3 Å². The predicted molar refractivity (Wildman–Crippen MR) is 80.3 cm³/mol. The molecule has 1 saturated carbocycles. The van der Waals surface area contributed by atoms with E-state index in [4.69, 9.17) is 11.6 Å². The molecule has 2 rings (SSSR count). The molecule has 2 unspecified atom stereocenters. The van der Waals surface area contributed by atoms with Crippen LogP contribution >= 0.6 is 11.6 Å². The first-order valence-electron chi connectivity index (χ1n) is 6.90. The van der Waals surface area contributed by atoms with E-state index in [2.05, 4.69) is 10.6 Å². The van der Waals surface area contributed by atoms with E-state index < -0.39 is 17.5 Å². The second kappa shape index (κ2) is 5.93. The van der Waals surface area contributed by atoms with Gasteiger partial charge in [0.05, 0.1) is 6.04 Å². The summed E-state index contributed by atoms with van der Waals surface area (Å²) >= 11 is 5.82. The minimum atomic E-state index is -1.20. The number of carboxylic acid groups (broad SMARTS) is 1. The van der Waals surface area contributed by atoms with Crippen molar-refractivity contribution in [2.24, 2.45) is 5.92 Å². The number of halogens is 1. The van der Waals surface area contributed by atoms with Gasteiger partial charge in [0.15, 0.2) is 0 Å². The van der Waals surface area contributed by atoms with Gasteiger partial charge in [-0.05, 0) is 50.3 Å². The molecule has 0 bridgehead atoms. The van der Waals surface area contributed by atoms with Crippen LogP contribution in [0.3, 0.4) is 0 Å². The number of nitrogens with one attached hydrogen (secondary N) is 2. The van der Waals surface area contributed by atoms with Crippen LogP contribution in [0.5, 0.6) is 0 Å². The van der Waals surface area contributed by atoms with Gasteiger partial charge in [0.25, 0.3) is 0 Å². The molecule has 0 heterocycles. The molecule has 5 nitrogen and oxygen atoms in total. The SMILES string of the molecule is CC(NC(=O)NC(C)(C(=O)O)C1CC1)c1ccc(Cl)cc1. The third-order valence-corrected chi connectivity index (χ3v) is 4.18. The molecule has 1 fully saturated rings. The molecule has 1 aromatic rings. The Morgan fingerprint density at radius 3 is 2.38 bits per heavy atom. The van der Waals surface area contributed by atoms with Gasteiger partial charge in [-0.15, -0.1) is 0 Å². The topological polar surface area (TPSA) is 78.4 Å². The van der Waals surface area contributed by atoms with Gasteiger partial charge < -0.3 is 15.7 Å². The molecule has 6 heteroatoms. The lowest BCUT2D eigenvalue weighted by molar-refractivity contribution is -0.144. The number of carbonyl (C=O) groups excluding carboxylic acids is 1. The van der Waals surface area contributed by atoms with Crippen LogP contribution in [0.4, 0.5) is 4.79 Å². The molecule has 0 radical (unpaired) electrons. The van der Waals surface area contributed by atoms with Crippen molar-refractivity contribution in [1.29, 1.82) is 0 Å². The maximum Gasteiger partial charge on any atom is 0.329 e. The molecule has 1 aromatic carbocycles. The Morgan fingerprint density at radius 1 is 1.33 bits per heavy atom. The monoisotopic (exact) mass is 310 g/mol. The average molecular weight is 311 g/mol. The predicted octanol–water partition coefficient (Wildman–Crippen LogP) is 2.95. The molecule has 0 aromatic heterocycles. The number of aliphatic carboxylic acids is 1. The Kier molecular flexibility index (Phi) is 4.42. The van der Waals surface area contributed by atoms with Crippen molar-refractivity contribution in [3.8, 4) is 0 Å². The standard InChI is InChI=1S/C15H19ClN2O3/c1-9(10-3-7-12(16)8-4-10)17-14(21)18-15(2,13(19)20)11-5-6-11/h3-4,7-9,11H,5-6H2,1-2H3,(H,19,20)(H2,17,18,21). The highest BCUT2D eigenvalue weighted by atomic mass is 35.5. The highest BCUT2D eigenvalue weighted by Crippen LogP contribution is 2.39. The van der Waals surface area contributed by atoms with Crippen LogP contribution in [-0.4, -0.2) is 22.6 Å². The zero-order chi connectivity index (χ0) is 15.6. The quantitative estimate of drug-likeness (QED) is 0.782. The molecular formula is C15H19ClN2O3. The van der Waals surface area contributed by atoms with Crippen molar-refractivity contribution in [2.45, 2.75) is 38.3 Å². The Labute approximate surface area is 128 Å². The van der Waals surface area contributed by atoms with Crippen molar-refractivity contribution in [2.75, 3.05) is 0 Å². The number of benzene rings is 1. The summed E-state index contributed by atoms with van der Waals surface area (Å²) in [4.78, 5) is 23.4. The Bertz CT molecular complexity index is 542.